The van der Waals surface area contributed by atoms with Crippen LogP contribution in [0.4, 0.5) is 5.69 Å². The molecule has 0 aliphatic rings. The maximum Gasteiger partial charge on any atom is 0.191 e. The SMILES string of the molecule is Cc1ccc(C)c(/C=N\NC(=S)Nc2ccc(C(C)C)cc2)c1. The van der Waals surface area contributed by atoms with E-state index in [9.17, 15) is 0 Å². The molecule has 2 aromatic rings. The molecule has 23 heavy (non-hydrogen) atoms. The lowest BCUT2D eigenvalue weighted by molar-refractivity contribution is 0.867. The Labute approximate surface area is 143 Å². The van der Waals surface area contributed by atoms with Gasteiger partial charge in [0.2, 0.25) is 0 Å². The van der Waals surface area contributed by atoms with Gasteiger partial charge in [-0.3, -0.25) is 5.43 Å². The lowest BCUT2D eigenvalue weighted by Crippen LogP contribution is -2.23. The summed E-state index contributed by atoms with van der Waals surface area (Å²) in [4.78, 5) is 0. The Morgan fingerprint density at radius 3 is 2.43 bits per heavy atom. The van der Waals surface area contributed by atoms with E-state index in [1.54, 1.807) is 6.21 Å². The van der Waals surface area contributed by atoms with E-state index < -0.39 is 0 Å². The van der Waals surface area contributed by atoms with Gasteiger partial charge in [-0.05, 0) is 60.8 Å². The summed E-state index contributed by atoms with van der Waals surface area (Å²) in [5, 5.41) is 7.81. The first-order valence-corrected chi connectivity index (χ1v) is 8.14. The Kier molecular flexibility index (Phi) is 5.88. The predicted octanol–water partition coefficient (Wildman–Crippen LogP) is 4.75. The van der Waals surface area contributed by atoms with Crippen molar-refractivity contribution in [2.24, 2.45) is 5.10 Å². The van der Waals surface area contributed by atoms with Crippen LogP contribution in [0.5, 0.6) is 0 Å². The zero-order valence-corrected chi connectivity index (χ0v) is 14.9. The number of hydrazone groups is 1. The van der Waals surface area contributed by atoms with E-state index >= 15 is 0 Å². The van der Waals surface area contributed by atoms with Crippen LogP contribution in [0.3, 0.4) is 0 Å². The number of nitrogens with one attached hydrogen (secondary N) is 2. The quantitative estimate of drug-likeness (QED) is 0.484. The highest BCUT2D eigenvalue weighted by atomic mass is 32.1. The second-order valence-corrected chi connectivity index (χ2v) is 6.37. The van der Waals surface area contributed by atoms with Crippen LogP contribution in [-0.4, -0.2) is 11.3 Å². The standard InChI is InChI=1S/C19H23N3S/c1-13(2)16-7-9-18(10-8-16)21-19(23)22-20-12-17-11-14(3)5-6-15(17)4/h5-13H,1-4H3,(H2,21,22,23)/b20-12-. The van der Waals surface area contributed by atoms with Gasteiger partial charge in [0.1, 0.15) is 0 Å². The van der Waals surface area contributed by atoms with Gasteiger partial charge < -0.3 is 5.32 Å². The molecule has 0 heterocycles. The van der Waals surface area contributed by atoms with Gasteiger partial charge in [-0.1, -0.05) is 49.7 Å². The van der Waals surface area contributed by atoms with Crippen molar-refractivity contribution in [1.82, 2.24) is 5.43 Å². The van der Waals surface area contributed by atoms with Crippen LogP contribution in [0.25, 0.3) is 0 Å². The first-order chi connectivity index (χ1) is 11.0. The van der Waals surface area contributed by atoms with Crippen molar-refractivity contribution in [3.8, 4) is 0 Å². The fourth-order valence-electron chi connectivity index (χ4n) is 2.17. The Hall–Kier alpha value is -2.20. The third kappa shape index (κ3) is 5.18. The first kappa shape index (κ1) is 17.2. The number of anilines is 1. The van der Waals surface area contributed by atoms with Crippen LogP contribution < -0.4 is 10.7 Å². The molecule has 3 nitrogen and oxygen atoms in total. The second-order valence-electron chi connectivity index (χ2n) is 5.96. The van der Waals surface area contributed by atoms with E-state index in [-0.39, 0.29) is 0 Å². The van der Waals surface area contributed by atoms with E-state index in [1.165, 1.54) is 16.7 Å². The number of aryl methyl sites for hydroxylation is 2. The molecule has 0 radical (unpaired) electrons. The first-order valence-electron chi connectivity index (χ1n) is 7.73. The lowest BCUT2D eigenvalue weighted by Gasteiger charge is -2.09. The molecule has 0 amide bonds. The fourth-order valence-corrected chi connectivity index (χ4v) is 2.34. The molecule has 2 aromatic carbocycles. The van der Waals surface area contributed by atoms with Crippen molar-refractivity contribution in [2.45, 2.75) is 33.6 Å². The van der Waals surface area contributed by atoms with Crippen LogP contribution in [0.2, 0.25) is 0 Å². The van der Waals surface area contributed by atoms with Crippen LogP contribution in [0, 0.1) is 13.8 Å². The summed E-state index contributed by atoms with van der Waals surface area (Å²) in [5.74, 6) is 0.524. The summed E-state index contributed by atoms with van der Waals surface area (Å²) in [6.45, 7) is 8.48. The highest BCUT2D eigenvalue weighted by molar-refractivity contribution is 7.80. The number of hydrogen-bond acceptors (Lipinski definition) is 2. The molecular weight excluding hydrogens is 302 g/mol. The molecule has 4 heteroatoms. The van der Waals surface area contributed by atoms with Crippen molar-refractivity contribution < 1.29 is 0 Å². The van der Waals surface area contributed by atoms with E-state index in [4.69, 9.17) is 12.2 Å². The summed E-state index contributed by atoms with van der Waals surface area (Å²) < 4.78 is 0. The highest BCUT2D eigenvalue weighted by Gasteiger charge is 2.00. The van der Waals surface area contributed by atoms with Gasteiger partial charge in [-0.25, -0.2) is 0 Å². The molecule has 0 spiro atoms. The molecule has 2 N–H and O–H groups in total. The van der Waals surface area contributed by atoms with Gasteiger partial charge in [-0.15, -0.1) is 0 Å². The monoisotopic (exact) mass is 325 g/mol. The Morgan fingerprint density at radius 1 is 1.09 bits per heavy atom. The molecule has 120 valence electrons. The van der Waals surface area contributed by atoms with Gasteiger partial charge in [-0.2, -0.15) is 5.10 Å². The zero-order valence-electron chi connectivity index (χ0n) is 14.1. The predicted molar refractivity (Wildman–Crippen MR) is 103 cm³/mol. The maximum absolute atomic E-state index is 5.26. The molecule has 0 aromatic heterocycles. The summed E-state index contributed by atoms with van der Waals surface area (Å²) >= 11 is 5.26. The minimum Gasteiger partial charge on any atom is -0.331 e. The van der Waals surface area contributed by atoms with Gasteiger partial charge in [0.05, 0.1) is 6.21 Å². The van der Waals surface area contributed by atoms with Gasteiger partial charge >= 0.3 is 0 Å². The topological polar surface area (TPSA) is 36.4 Å². The minimum absolute atomic E-state index is 0.476. The molecule has 0 aliphatic carbocycles. The van der Waals surface area contributed by atoms with Crippen LogP contribution in [0.1, 0.15) is 42.0 Å². The molecule has 2 rings (SSSR count). The Bertz CT molecular complexity index is 703. The van der Waals surface area contributed by atoms with E-state index in [1.807, 2.05) is 12.1 Å². The summed E-state index contributed by atoms with van der Waals surface area (Å²) in [5.41, 5.74) is 8.59. The number of benzene rings is 2. The summed E-state index contributed by atoms with van der Waals surface area (Å²) in [6, 6.07) is 14.5. The average molecular weight is 325 g/mol. The fraction of sp³-hybridized carbons (Fsp3) is 0.263. The number of thiocarbonyl (C=S) groups is 1. The average Bonchev–Trinajstić information content (AvgIpc) is 2.51. The second kappa shape index (κ2) is 7.88. The molecule has 0 saturated heterocycles. The van der Waals surface area contributed by atoms with Crippen LogP contribution in [0.15, 0.2) is 47.6 Å². The largest absolute Gasteiger partial charge is 0.331 e. The van der Waals surface area contributed by atoms with Crippen molar-refractivity contribution in [2.75, 3.05) is 5.32 Å². The summed E-state index contributed by atoms with van der Waals surface area (Å²) in [6.07, 6.45) is 1.79. The number of hydrogen-bond donors (Lipinski definition) is 2. The molecular formula is C19H23N3S. The summed E-state index contributed by atoms with van der Waals surface area (Å²) in [7, 11) is 0. The molecule has 0 aliphatic heterocycles. The highest BCUT2D eigenvalue weighted by Crippen LogP contribution is 2.17. The van der Waals surface area contributed by atoms with E-state index in [0.717, 1.165) is 11.3 Å². The molecule has 0 unspecified atom stereocenters. The van der Waals surface area contributed by atoms with Crippen molar-refractivity contribution >= 4 is 29.2 Å². The maximum atomic E-state index is 5.26. The third-order valence-corrected chi connectivity index (χ3v) is 3.83. The minimum atomic E-state index is 0.476. The van der Waals surface area contributed by atoms with Crippen LogP contribution >= 0.6 is 12.2 Å². The van der Waals surface area contributed by atoms with Gasteiger partial charge in [0.25, 0.3) is 0 Å². The lowest BCUT2D eigenvalue weighted by atomic mass is 10.0. The smallest absolute Gasteiger partial charge is 0.191 e. The normalized spacial score (nSPS) is 11.0. The molecule has 0 fully saturated rings. The Morgan fingerprint density at radius 2 is 1.78 bits per heavy atom. The van der Waals surface area contributed by atoms with Gasteiger partial charge in [0.15, 0.2) is 5.11 Å². The zero-order chi connectivity index (χ0) is 16.8. The van der Waals surface area contributed by atoms with Gasteiger partial charge in [0, 0.05) is 5.69 Å². The Balaban J connectivity index is 1.92. The molecule has 0 saturated carbocycles. The van der Waals surface area contributed by atoms with E-state index in [0.29, 0.717) is 11.0 Å². The van der Waals surface area contributed by atoms with Crippen molar-refractivity contribution in [1.29, 1.82) is 0 Å². The molecule has 0 bridgehead atoms. The third-order valence-electron chi connectivity index (χ3n) is 3.64. The van der Waals surface area contributed by atoms with Crippen molar-refractivity contribution in [3.05, 3.63) is 64.7 Å². The number of rotatable bonds is 4. The molecule has 0 atom stereocenters. The van der Waals surface area contributed by atoms with E-state index in [2.05, 4.69) is 73.9 Å². The van der Waals surface area contributed by atoms with Crippen LogP contribution in [-0.2, 0) is 0 Å². The van der Waals surface area contributed by atoms with Crippen molar-refractivity contribution in [3.63, 3.8) is 0 Å². The number of nitrogens with zero attached hydrogens (tertiary/aromatic N) is 1.